The molecule has 5 nitrogen and oxygen atoms in total. The summed E-state index contributed by atoms with van der Waals surface area (Å²) in [7, 11) is -3.75. The number of nitrogens with zero attached hydrogens (tertiary/aromatic N) is 2. The zero-order valence-corrected chi connectivity index (χ0v) is 18.7. The van der Waals surface area contributed by atoms with Crippen molar-refractivity contribution in [1.82, 2.24) is 9.29 Å². The van der Waals surface area contributed by atoms with Gasteiger partial charge in [0.25, 0.3) is 0 Å². The number of aromatic nitrogens is 1. The summed E-state index contributed by atoms with van der Waals surface area (Å²) < 4.78 is 28.5. The number of hydrogen-bond donors (Lipinski definition) is 1. The fourth-order valence-electron chi connectivity index (χ4n) is 3.34. The van der Waals surface area contributed by atoms with Crippen LogP contribution in [0.15, 0.2) is 108 Å². The number of pyridine rings is 1. The van der Waals surface area contributed by atoms with Crippen LogP contribution in [0.4, 0.5) is 11.5 Å². The lowest BCUT2D eigenvalue weighted by Gasteiger charge is -2.22. The van der Waals surface area contributed by atoms with Crippen LogP contribution in [0.1, 0.15) is 16.7 Å². The lowest BCUT2D eigenvalue weighted by atomic mass is 10.2. The van der Waals surface area contributed by atoms with Gasteiger partial charge in [-0.15, -0.1) is 0 Å². The molecule has 0 aliphatic heterocycles. The van der Waals surface area contributed by atoms with E-state index in [0.29, 0.717) is 5.82 Å². The van der Waals surface area contributed by atoms with Crippen LogP contribution in [0, 0.1) is 6.92 Å². The Morgan fingerprint density at radius 1 is 0.750 bits per heavy atom. The van der Waals surface area contributed by atoms with Gasteiger partial charge in [0, 0.05) is 25.0 Å². The Labute approximate surface area is 189 Å². The van der Waals surface area contributed by atoms with E-state index in [1.54, 1.807) is 12.1 Å². The Morgan fingerprint density at radius 2 is 1.31 bits per heavy atom. The molecule has 4 aromatic rings. The van der Waals surface area contributed by atoms with E-state index in [1.165, 1.54) is 16.1 Å². The lowest BCUT2D eigenvalue weighted by molar-refractivity contribution is 0.401. The zero-order chi connectivity index (χ0) is 22.4. The van der Waals surface area contributed by atoms with Crippen LogP contribution in [0.3, 0.4) is 0 Å². The van der Waals surface area contributed by atoms with E-state index in [2.05, 4.69) is 10.3 Å². The molecule has 1 aromatic heterocycles. The predicted octanol–water partition coefficient (Wildman–Crippen LogP) is 5.52. The predicted molar refractivity (Wildman–Crippen MR) is 128 cm³/mol. The lowest BCUT2D eigenvalue weighted by Crippen LogP contribution is -2.30. The number of rotatable bonds is 8. The largest absolute Gasteiger partial charge is 0.340 e. The molecule has 0 saturated heterocycles. The van der Waals surface area contributed by atoms with Gasteiger partial charge in [-0.3, -0.25) is 0 Å². The van der Waals surface area contributed by atoms with Crippen LogP contribution in [0.2, 0.25) is 0 Å². The summed E-state index contributed by atoms with van der Waals surface area (Å²) in [5, 5.41) is 3.20. The second-order valence-electron chi connectivity index (χ2n) is 7.61. The zero-order valence-electron chi connectivity index (χ0n) is 17.8. The van der Waals surface area contributed by atoms with Crippen molar-refractivity contribution in [3.05, 3.63) is 120 Å². The first-order valence-corrected chi connectivity index (χ1v) is 11.8. The fourth-order valence-corrected chi connectivity index (χ4v) is 4.70. The first kappa shape index (κ1) is 21.7. The normalized spacial score (nSPS) is 11.4. The number of benzene rings is 3. The van der Waals surface area contributed by atoms with Crippen molar-refractivity contribution in [3.8, 4) is 0 Å². The highest BCUT2D eigenvalue weighted by Crippen LogP contribution is 2.23. The molecule has 3 aromatic carbocycles. The third-order valence-corrected chi connectivity index (χ3v) is 6.88. The van der Waals surface area contributed by atoms with Crippen molar-refractivity contribution in [2.45, 2.75) is 24.9 Å². The summed E-state index contributed by atoms with van der Waals surface area (Å²) >= 11 is 0. The molecule has 6 heteroatoms. The van der Waals surface area contributed by atoms with Gasteiger partial charge >= 0.3 is 0 Å². The Bertz CT molecular complexity index is 1200. The summed E-state index contributed by atoms with van der Waals surface area (Å²) in [6, 6.07) is 30.4. The van der Waals surface area contributed by atoms with Crippen LogP contribution in [-0.4, -0.2) is 17.7 Å². The van der Waals surface area contributed by atoms with E-state index >= 15 is 0 Å². The van der Waals surface area contributed by atoms with Crippen molar-refractivity contribution in [2.75, 3.05) is 5.32 Å². The van der Waals surface area contributed by atoms with E-state index in [9.17, 15) is 8.42 Å². The van der Waals surface area contributed by atoms with Gasteiger partial charge in [-0.05, 0) is 42.3 Å². The van der Waals surface area contributed by atoms with Gasteiger partial charge in [-0.25, -0.2) is 13.4 Å². The third-order valence-electron chi connectivity index (χ3n) is 5.10. The van der Waals surface area contributed by atoms with Crippen LogP contribution in [0.25, 0.3) is 0 Å². The van der Waals surface area contributed by atoms with Crippen molar-refractivity contribution >= 4 is 21.5 Å². The van der Waals surface area contributed by atoms with Gasteiger partial charge in [-0.2, -0.15) is 4.31 Å². The average molecular weight is 444 g/mol. The highest BCUT2D eigenvalue weighted by atomic mass is 32.2. The van der Waals surface area contributed by atoms with Gasteiger partial charge in [0.1, 0.15) is 10.7 Å². The maximum Gasteiger partial charge on any atom is 0.245 e. The van der Waals surface area contributed by atoms with Gasteiger partial charge in [0.15, 0.2) is 0 Å². The molecule has 1 N–H and O–H groups in total. The molecule has 0 amide bonds. The topological polar surface area (TPSA) is 62.3 Å². The van der Waals surface area contributed by atoms with E-state index in [1.807, 2.05) is 91.9 Å². The summed E-state index contributed by atoms with van der Waals surface area (Å²) in [6.45, 7) is 2.58. The molecule has 0 saturated carbocycles. The molecule has 0 radical (unpaired) electrons. The smallest absolute Gasteiger partial charge is 0.245 e. The molecule has 1 heterocycles. The molecular weight excluding hydrogens is 418 g/mol. The van der Waals surface area contributed by atoms with Gasteiger partial charge in [0.2, 0.25) is 10.0 Å². The average Bonchev–Trinajstić information content (AvgIpc) is 2.82. The highest BCUT2D eigenvalue weighted by molar-refractivity contribution is 7.89. The second kappa shape index (κ2) is 9.77. The molecule has 0 atom stereocenters. The molecule has 0 bridgehead atoms. The SMILES string of the molecule is Cc1ccc(Nc2ccc(S(=O)(=O)N(Cc3ccccc3)Cc3ccccc3)cn2)cc1. The minimum atomic E-state index is -3.75. The highest BCUT2D eigenvalue weighted by Gasteiger charge is 2.25. The molecule has 32 heavy (non-hydrogen) atoms. The number of anilines is 2. The number of aryl methyl sites for hydroxylation is 1. The maximum atomic E-state index is 13.5. The van der Waals surface area contributed by atoms with Crippen molar-refractivity contribution in [1.29, 1.82) is 0 Å². The van der Waals surface area contributed by atoms with Crippen molar-refractivity contribution in [3.63, 3.8) is 0 Å². The number of hydrogen-bond acceptors (Lipinski definition) is 4. The molecule has 4 rings (SSSR count). The summed E-state index contributed by atoms with van der Waals surface area (Å²) in [6.07, 6.45) is 1.41. The first-order valence-electron chi connectivity index (χ1n) is 10.4. The minimum Gasteiger partial charge on any atom is -0.340 e. The van der Waals surface area contributed by atoms with E-state index in [-0.39, 0.29) is 18.0 Å². The Balaban J connectivity index is 1.58. The van der Waals surface area contributed by atoms with Crippen LogP contribution >= 0.6 is 0 Å². The van der Waals surface area contributed by atoms with Crippen molar-refractivity contribution in [2.24, 2.45) is 0 Å². The molecule has 0 unspecified atom stereocenters. The van der Waals surface area contributed by atoms with Gasteiger partial charge in [0.05, 0.1) is 0 Å². The fraction of sp³-hybridized carbons (Fsp3) is 0.115. The van der Waals surface area contributed by atoms with Crippen LogP contribution in [0.5, 0.6) is 0 Å². The summed E-state index contributed by atoms with van der Waals surface area (Å²) in [5.74, 6) is 0.588. The van der Waals surface area contributed by atoms with Crippen LogP contribution in [-0.2, 0) is 23.1 Å². The van der Waals surface area contributed by atoms with E-state index in [0.717, 1.165) is 16.8 Å². The molecule has 0 spiro atoms. The number of sulfonamides is 1. The quantitative estimate of drug-likeness (QED) is 0.389. The van der Waals surface area contributed by atoms with Crippen molar-refractivity contribution < 1.29 is 8.42 Å². The summed E-state index contributed by atoms with van der Waals surface area (Å²) in [5.41, 5.74) is 3.92. The molecule has 0 fully saturated rings. The summed E-state index contributed by atoms with van der Waals surface area (Å²) in [4.78, 5) is 4.51. The van der Waals surface area contributed by atoms with Crippen LogP contribution < -0.4 is 5.32 Å². The standard InChI is InChI=1S/C26H25N3O2S/c1-21-12-14-24(15-13-21)28-26-17-16-25(18-27-26)32(30,31)29(19-22-8-4-2-5-9-22)20-23-10-6-3-7-11-23/h2-18H,19-20H2,1H3,(H,27,28). The molecule has 0 aliphatic rings. The third kappa shape index (κ3) is 5.41. The first-order chi connectivity index (χ1) is 15.5. The van der Waals surface area contributed by atoms with Gasteiger partial charge in [-0.1, -0.05) is 78.4 Å². The molecular formula is C26H25N3O2S. The minimum absolute atomic E-state index is 0.166. The molecule has 162 valence electrons. The van der Waals surface area contributed by atoms with E-state index < -0.39 is 10.0 Å². The Kier molecular flexibility index (Phi) is 6.63. The van der Waals surface area contributed by atoms with Gasteiger partial charge < -0.3 is 5.32 Å². The Morgan fingerprint density at radius 3 is 1.81 bits per heavy atom. The monoisotopic (exact) mass is 443 g/mol. The van der Waals surface area contributed by atoms with E-state index in [4.69, 9.17) is 0 Å². The second-order valence-corrected chi connectivity index (χ2v) is 9.55. The molecule has 0 aliphatic carbocycles. The Hall–Kier alpha value is -3.48. The maximum absolute atomic E-state index is 13.5. The number of nitrogens with one attached hydrogen (secondary N) is 1.